The van der Waals surface area contributed by atoms with Crippen molar-refractivity contribution in [3.63, 3.8) is 0 Å². The zero-order valence-corrected chi connectivity index (χ0v) is 12.5. The van der Waals surface area contributed by atoms with E-state index in [1.54, 1.807) is 0 Å². The van der Waals surface area contributed by atoms with E-state index in [0.29, 0.717) is 18.8 Å². The maximum atomic E-state index is 11.9. The topological polar surface area (TPSA) is 34.1 Å². The van der Waals surface area contributed by atoms with Crippen LogP contribution in [0.2, 0.25) is 0 Å². The average Bonchev–Trinajstić information content (AvgIpc) is 2.14. The van der Waals surface area contributed by atoms with Crippen molar-refractivity contribution >= 4 is 46.4 Å². The summed E-state index contributed by atoms with van der Waals surface area (Å²) < 4.78 is -1.99. The van der Waals surface area contributed by atoms with E-state index in [4.69, 9.17) is 34.8 Å². The maximum absolute atomic E-state index is 11.9. The lowest BCUT2D eigenvalue weighted by Gasteiger charge is -2.37. The Hall–Kier alpha value is 0.210. The zero-order valence-electron chi connectivity index (χ0n) is 10.2. The summed E-state index contributed by atoms with van der Waals surface area (Å²) >= 11 is 16.7. The van der Waals surface area contributed by atoms with Crippen LogP contribution < -0.4 is 0 Å². The van der Waals surface area contributed by atoms with Crippen molar-refractivity contribution in [2.45, 2.75) is 43.8 Å². The first-order valence-corrected chi connectivity index (χ1v) is 6.80. The largest absolute Gasteiger partial charge is 0.299 e. The van der Waals surface area contributed by atoms with Crippen molar-refractivity contribution in [3.8, 4) is 0 Å². The molecule has 17 heavy (non-hydrogen) atoms. The van der Waals surface area contributed by atoms with E-state index in [0.717, 1.165) is 6.42 Å². The minimum Gasteiger partial charge on any atom is -0.299 e. The highest BCUT2D eigenvalue weighted by Crippen LogP contribution is 2.42. The zero-order chi connectivity index (χ0) is 13.4. The Labute approximate surface area is 117 Å². The molecule has 1 aliphatic carbocycles. The van der Waals surface area contributed by atoms with Crippen LogP contribution in [-0.2, 0) is 9.59 Å². The minimum atomic E-state index is -1.99. The molecule has 1 rings (SSSR count). The lowest BCUT2D eigenvalue weighted by Crippen LogP contribution is -2.40. The van der Waals surface area contributed by atoms with Crippen molar-refractivity contribution < 1.29 is 9.59 Å². The van der Waals surface area contributed by atoms with Crippen molar-refractivity contribution in [3.05, 3.63) is 0 Å². The van der Waals surface area contributed by atoms with Crippen molar-refractivity contribution in [1.82, 2.24) is 0 Å². The second kappa shape index (κ2) is 5.07. The Morgan fingerprint density at radius 1 is 1.24 bits per heavy atom. The van der Waals surface area contributed by atoms with Gasteiger partial charge in [0, 0.05) is 6.42 Å². The third kappa shape index (κ3) is 3.84. The maximum Gasteiger partial charge on any atom is 0.249 e. The molecule has 0 aromatic heterocycles. The van der Waals surface area contributed by atoms with Gasteiger partial charge >= 0.3 is 0 Å². The predicted octanol–water partition coefficient (Wildman–Crippen LogP) is 3.96. The first kappa shape index (κ1) is 15.3. The minimum absolute atomic E-state index is 0.0623. The quantitative estimate of drug-likeness (QED) is 0.542. The van der Waals surface area contributed by atoms with E-state index in [1.165, 1.54) is 0 Å². The summed E-state index contributed by atoms with van der Waals surface area (Å²) in [7, 11) is 0. The SMILES string of the molecule is CC(C)(C)C1CCC(=O)C(C(=O)C(Cl)(Cl)Cl)C1. The Morgan fingerprint density at radius 3 is 2.18 bits per heavy atom. The molecule has 0 N–H and O–H groups in total. The van der Waals surface area contributed by atoms with E-state index in [2.05, 4.69) is 20.8 Å². The highest BCUT2D eigenvalue weighted by atomic mass is 35.6. The number of hydrogen-bond acceptors (Lipinski definition) is 2. The fraction of sp³-hybridized carbons (Fsp3) is 0.833. The monoisotopic (exact) mass is 298 g/mol. The van der Waals surface area contributed by atoms with Crippen LogP contribution in [0.5, 0.6) is 0 Å². The molecule has 98 valence electrons. The number of rotatable bonds is 1. The van der Waals surface area contributed by atoms with Crippen molar-refractivity contribution in [2.75, 3.05) is 0 Å². The van der Waals surface area contributed by atoms with E-state index in [9.17, 15) is 9.59 Å². The van der Waals surface area contributed by atoms with Crippen LogP contribution in [0.3, 0.4) is 0 Å². The first-order chi connectivity index (χ1) is 7.53. The van der Waals surface area contributed by atoms with Gasteiger partial charge in [0.2, 0.25) is 3.79 Å². The second-order valence-corrected chi connectivity index (χ2v) is 8.00. The molecule has 0 aliphatic heterocycles. The molecule has 2 unspecified atom stereocenters. The number of alkyl halides is 3. The lowest BCUT2D eigenvalue weighted by molar-refractivity contribution is -0.135. The van der Waals surface area contributed by atoms with Gasteiger partial charge in [0.25, 0.3) is 0 Å². The molecule has 0 bridgehead atoms. The van der Waals surface area contributed by atoms with Crippen LogP contribution >= 0.6 is 34.8 Å². The molecular weight excluding hydrogens is 282 g/mol. The fourth-order valence-electron chi connectivity index (χ4n) is 2.26. The number of carbonyl (C=O) groups is 2. The van der Waals surface area contributed by atoms with Gasteiger partial charge in [-0.25, -0.2) is 0 Å². The van der Waals surface area contributed by atoms with Crippen LogP contribution in [0.25, 0.3) is 0 Å². The van der Waals surface area contributed by atoms with Gasteiger partial charge in [-0.15, -0.1) is 0 Å². The summed E-state index contributed by atoms with van der Waals surface area (Å²) in [6, 6.07) is 0. The highest BCUT2D eigenvalue weighted by Gasteiger charge is 2.44. The Morgan fingerprint density at radius 2 is 1.76 bits per heavy atom. The summed E-state index contributed by atoms with van der Waals surface area (Å²) in [6.45, 7) is 6.30. The van der Waals surface area contributed by atoms with Crippen LogP contribution in [-0.4, -0.2) is 15.4 Å². The average molecular weight is 300 g/mol. The molecule has 1 aliphatic rings. The first-order valence-electron chi connectivity index (χ1n) is 5.67. The number of halogens is 3. The second-order valence-electron chi connectivity index (χ2n) is 5.72. The molecule has 1 saturated carbocycles. The Kier molecular flexibility index (Phi) is 4.55. The Balaban J connectivity index is 2.85. The summed E-state index contributed by atoms with van der Waals surface area (Å²) in [4.78, 5) is 23.6. The Bertz CT molecular complexity index is 326. The van der Waals surface area contributed by atoms with Gasteiger partial charge in [0.15, 0.2) is 5.78 Å². The fourth-order valence-corrected chi connectivity index (χ4v) is 2.66. The van der Waals surface area contributed by atoms with Gasteiger partial charge in [0.1, 0.15) is 5.78 Å². The lowest BCUT2D eigenvalue weighted by atomic mass is 9.68. The van der Waals surface area contributed by atoms with E-state index in [-0.39, 0.29) is 11.2 Å². The molecule has 2 atom stereocenters. The predicted molar refractivity (Wildman–Crippen MR) is 70.6 cm³/mol. The van der Waals surface area contributed by atoms with E-state index >= 15 is 0 Å². The van der Waals surface area contributed by atoms with Gasteiger partial charge in [-0.2, -0.15) is 0 Å². The molecule has 5 heteroatoms. The molecule has 0 saturated heterocycles. The smallest absolute Gasteiger partial charge is 0.249 e. The summed E-state index contributed by atoms with van der Waals surface area (Å²) in [5.74, 6) is -1.12. The summed E-state index contributed by atoms with van der Waals surface area (Å²) in [5, 5.41) is 0. The summed E-state index contributed by atoms with van der Waals surface area (Å²) in [5.41, 5.74) is 0.0623. The van der Waals surface area contributed by atoms with Gasteiger partial charge in [0.05, 0.1) is 5.92 Å². The van der Waals surface area contributed by atoms with Gasteiger partial charge < -0.3 is 0 Å². The van der Waals surface area contributed by atoms with Crippen molar-refractivity contribution in [1.29, 1.82) is 0 Å². The molecule has 2 nitrogen and oxygen atoms in total. The van der Waals surface area contributed by atoms with Crippen LogP contribution in [0.1, 0.15) is 40.0 Å². The normalized spacial score (nSPS) is 27.1. The molecule has 0 spiro atoms. The van der Waals surface area contributed by atoms with E-state index in [1.807, 2.05) is 0 Å². The van der Waals surface area contributed by atoms with E-state index < -0.39 is 15.5 Å². The number of carbonyl (C=O) groups excluding carboxylic acids is 2. The van der Waals surface area contributed by atoms with Crippen LogP contribution in [0, 0.1) is 17.3 Å². The molecule has 0 radical (unpaired) electrons. The molecule has 0 heterocycles. The van der Waals surface area contributed by atoms with Gasteiger partial charge in [-0.05, 0) is 24.2 Å². The third-order valence-corrected chi connectivity index (χ3v) is 4.03. The third-order valence-electron chi connectivity index (χ3n) is 3.47. The van der Waals surface area contributed by atoms with Crippen LogP contribution in [0.15, 0.2) is 0 Å². The molecular formula is C12H17Cl3O2. The molecule has 0 amide bonds. The molecule has 0 aromatic rings. The number of hydrogen-bond donors (Lipinski definition) is 0. The molecule has 0 aromatic carbocycles. The van der Waals surface area contributed by atoms with Crippen molar-refractivity contribution in [2.24, 2.45) is 17.3 Å². The van der Waals surface area contributed by atoms with Gasteiger partial charge in [-0.1, -0.05) is 55.6 Å². The van der Waals surface area contributed by atoms with Gasteiger partial charge in [-0.3, -0.25) is 9.59 Å². The van der Waals surface area contributed by atoms with Crippen LogP contribution in [0.4, 0.5) is 0 Å². The highest BCUT2D eigenvalue weighted by molar-refractivity contribution is 6.76. The number of ketones is 2. The standard InChI is InChI=1S/C12H17Cl3O2/c1-11(2,3)7-4-5-9(16)8(6-7)10(17)12(13,14)15/h7-8H,4-6H2,1-3H3. The summed E-state index contributed by atoms with van der Waals surface area (Å²) in [6.07, 6.45) is 1.71. The number of Topliss-reactive ketones (excluding diaryl/α,β-unsaturated/α-hetero) is 2. The molecule has 1 fully saturated rings.